The quantitative estimate of drug-likeness (QED) is 0.686. The van der Waals surface area contributed by atoms with Crippen LogP contribution in [-0.4, -0.2) is 39.0 Å². The number of nitrogens with one attached hydrogen (secondary N) is 1. The standard InChI is InChI=1S/C20H26ClN5OS/c1-14(18(27)22-13-15-5-7-16(21)8-6-15)28-20-24-23-19(26(20)17-9-10-17)25-11-3-2-4-12-25/h5-8,14,17H,2-4,9-13H2,1H3,(H,22,27). The van der Waals surface area contributed by atoms with Gasteiger partial charge in [0, 0.05) is 30.7 Å². The lowest BCUT2D eigenvalue weighted by atomic mass is 10.1. The van der Waals surface area contributed by atoms with E-state index >= 15 is 0 Å². The van der Waals surface area contributed by atoms with Crippen LogP contribution in [0, 0.1) is 0 Å². The van der Waals surface area contributed by atoms with Crippen molar-refractivity contribution in [3.8, 4) is 0 Å². The number of carbonyl (C=O) groups excluding carboxylic acids is 1. The van der Waals surface area contributed by atoms with E-state index in [1.165, 1.54) is 43.9 Å². The number of amides is 1. The van der Waals surface area contributed by atoms with E-state index in [4.69, 9.17) is 11.6 Å². The van der Waals surface area contributed by atoms with Crippen LogP contribution in [0.4, 0.5) is 5.95 Å². The lowest BCUT2D eigenvalue weighted by molar-refractivity contribution is -0.120. The fraction of sp³-hybridized carbons (Fsp3) is 0.550. The Morgan fingerprint density at radius 3 is 2.61 bits per heavy atom. The maximum atomic E-state index is 12.6. The molecule has 1 amide bonds. The number of halogens is 1. The van der Waals surface area contributed by atoms with Gasteiger partial charge >= 0.3 is 0 Å². The maximum Gasteiger partial charge on any atom is 0.233 e. The van der Waals surface area contributed by atoms with E-state index < -0.39 is 0 Å². The summed E-state index contributed by atoms with van der Waals surface area (Å²) < 4.78 is 2.26. The smallest absolute Gasteiger partial charge is 0.233 e. The van der Waals surface area contributed by atoms with Crippen molar-refractivity contribution in [3.63, 3.8) is 0 Å². The molecule has 1 atom stereocenters. The normalized spacial score (nSPS) is 18.1. The predicted molar refractivity (Wildman–Crippen MR) is 113 cm³/mol. The zero-order valence-corrected chi connectivity index (χ0v) is 17.7. The van der Waals surface area contributed by atoms with Crippen molar-refractivity contribution in [2.75, 3.05) is 18.0 Å². The first-order valence-corrected chi connectivity index (χ1v) is 11.3. The van der Waals surface area contributed by atoms with Crippen LogP contribution in [-0.2, 0) is 11.3 Å². The van der Waals surface area contributed by atoms with Crippen LogP contribution in [0.15, 0.2) is 29.4 Å². The van der Waals surface area contributed by atoms with Gasteiger partial charge in [-0.25, -0.2) is 0 Å². The van der Waals surface area contributed by atoms with E-state index in [0.717, 1.165) is 29.8 Å². The van der Waals surface area contributed by atoms with Crippen LogP contribution in [0.2, 0.25) is 5.02 Å². The van der Waals surface area contributed by atoms with Crippen molar-refractivity contribution in [3.05, 3.63) is 34.9 Å². The average molecular weight is 420 g/mol. The molecule has 1 unspecified atom stereocenters. The largest absolute Gasteiger partial charge is 0.351 e. The number of anilines is 1. The predicted octanol–water partition coefficient (Wildman–Crippen LogP) is 4.05. The van der Waals surface area contributed by atoms with Crippen molar-refractivity contribution in [1.82, 2.24) is 20.1 Å². The van der Waals surface area contributed by atoms with E-state index in [9.17, 15) is 4.79 Å². The minimum atomic E-state index is -0.233. The van der Waals surface area contributed by atoms with Gasteiger partial charge in [-0.1, -0.05) is 35.5 Å². The number of carbonyl (C=O) groups is 1. The van der Waals surface area contributed by atoms with Gasteiger partial charge in [-0.2, -0.15) is 0 Å². The third-order valence-electron chi connectivity index (χ3n) is 5.23. The van der Waals surface area contributed by atoms with E-state index in [1.54, 1.807) is 0 Å². The Hall–Kier alpha value is -1.73. The maximum absolute atomic E-state index is 12.6. The summed E-state index contributed by atoms with van der Waals surface area (Å²) in [5.41, 5.74) is 1.03. The SMILES string of the molecule is CC(Sc1nnc(N2CCCCC2)n1C1CC1)C(=O)NCc1ccc(Cl)cc1. The van der Waals surface area contributed by atoms with Crippen LogP contribution in [0.1, 0.15) is 50.6 Å². The second-order valence-electron chi connectivity index (χ2n) is 7.54. The van der Waals surface area contributed by atoms with E-state index in [0.29, 0.717) is 17.6 Å². The first-order chi connectivity index (χ1) is 13.6. The van der Waals surface area contributed by atoms with E-state index in [-0.39, 0.29) is 11.2 Å². The number of aromatic nitrogens is 3. The molecule has 1 saturated heterocycles. The number of hydrogen-bond donors (Lipinski definition) is 1. The number of thioether (sulfide) groups is 1. The molecule has 0 bridgehead atoms. The fourth-order valence-corrected chi connectivity index (χ4v) is 4.52. The van der Waals surface area contributed by atoms with Gasteiger partial charge in [-0.15, -0.1) is 10.2 Å². The minimum absolute atomic E-state index is 0.00446. The van der Waals surface area contributed by atoms with Crippen molar-refractivity contribution in [2.24, 2.45) is 0 Å². The highest BCUT2D eigenvalue weighted by Gasteiger charge is 2.33. The Morgan fingerprint density at radius 1 is 1.21 bits per heavy atom. The fourth-order valence-electron chi connectivity index (χ4n) is 3.46. The molecule has 0 radical (unpaired) electrons. The molecule has 0 spiro atoms. The molecular formula is C20H26ClN5OS. The second-order valence-corrected chi connectivity index (χ2v) is 9.28. The average Bonchev–Trinajstić information content (AvgIpc) is 3.48. The highest BCUT2D eigenvalue weighted by molar-refractivity contribution is 8.00. The van der Waals surface area contributed by atoms with Gasteiger partial charge in [0.1, 0.15) is 0 Å². The van der Waals surface area contributed by atoms with Gasteiger partial charge in [0.25, 0.3) is 0 Å². The highest BCUT2D eigenvalue weighted by atomic mass is 35.5. The van der Waals surface area contributed by atoms with Gasteiger partial charge in [-0.05, 0) is 56.7 Å². The summed E-state index contributed by atoms with van der Waals surface area (Å²) in [6.45, 7) is 4.52. The van der Waals surface area contributed by atoms with Gasteiger partial charge in [-0.3, -0.25) is 9.36 Å². The van der Waals surface area contributed by atoms with E-state index in [2.05, 4.69) is 25.0 Å². The molecule has 2 fully saturated rings. The monoisotopic (exact) mass is 419 g/mol. The van der Waals surface area contributed by atoms with Gasteiger partial charge in [0.2, 0.25) is 11.9 Å². The molecule has 1 aromatic carbocycles. The lowest BCUT2D eigenvalue weighted by Crippen LogP contribution is -2.32. The Kier molecular flexibility index (Phi) is 6.11. The summed E-state index contributed by atoms with van der Waals surface area (Å²) in [5.74, 6) is 0.989. The number of rotatable bonds is 7. The number of nitrogens with zero attached hydrogens (tertiary/aromatic N) is 4. The van der Waals surface area contributed by atoms with E-state index in [1.807, 2.05) is 31.2 Å². The molecule has 2 aliphatic rings. The first-order valence-electron chi connectivity index (χ1n) is 10.0. The van der Waals surface area contributed by atoms with Gasteiger partial charge in [0.15, 0.2) is 5.16 Å². The Morgan fingerprint density at radius 2 is 1.93 bits per heavy atom. The summed E-state index contributed by atoms with van der Waals surface area (Å²) in [4.78, 5) is 14.9. The molecule has 150 valence electrons. The molecule has 1 aliphatic heterocycles. The van der Waals surface area contributed by atoms with Crippen LogP contribution in [0.5, 0.6) is 0 Å². The van der Waals surface area contributed by atoms with Crippen LogP contribution in [0.3, 0.4) is 0 Å². The molecule has 1 aromatic heterocycles. The van der Waals surface area contributed by atoms with Crippen LogP contribution < -0.4 is 10.2 Å². The van der Waals surface area contributed by atoms with Crippen LogP contribution >= 0.6 is 23.4 Å². The number of benzene rings is 1. The highest BCUT2D eigenvalue weighted by Crippen LogP contribution is 2.42. The molecule has 1 aliphatic carbocycles. The number of piperidine rings is 1. The minimum Gasteiger partial charge on any atom is -0.351 e. The third-order valence-corrected chi connectivity index (χ3v) is 6.54. The number of hydrogen-bond acceptors (Lipinski definition) is 5. The molecular weight excluding hydrogens is 394 g/mol. The second kappa shape index (κ2) is 8.74. The first kappa shape index (κ1) is 19.6. The van der Waals surface area contributed by atoms with Crippen molar-refractivity contribution >= 4 is 35.2 Å². The molecule has 4 rings (SSSR count). The zero-order chi connectivity index (χ0) is 19.5. The van der Waals surface area contributed by atoms with Gasteiger partial charge < -0.3 is 10.2 Å². The van der Waals surface area contributed by atoms with Crippen molar-refractivity contribution in [2.45, 2.75) is 62.0 Å². The molecule has 1 saturated carbocycles. The summed E-state index contributed by atoms with van der Waals surface area (Å²) in [7, 11) is 0. The Balaban J connectivity index is 1.39. The van der Waals surface area contributed by atoms with Crippen molar-refractivity contribution in [1.29, 1.82) is 0 Å². The molecule has 2 aromatic rings. The molecule has 8 heteroatoms. The molecule has 6 nitrogen and oxygen atoms in total. The molecule has 2 heterocycles. The third kappa shape index (κ3) is 4.63. The topological polar surface area (TPSA) is 63.1 Å². The Bertz CT molecular complexity index is 815. The lowest BCUT2D eigenvalue weighted by Gasteiger charge is -2.28. The summed E-state index contributed by atoms with van der Waals surface area (Å²) in [5, 5.41) is 13.3. The summed E-state index contributed by atoms with van der Waals surface area (Å²) >= 11 is 7.41. The molecule has 28 heavy (non-hydrogen) atoms. The van der Waals surface area contributed by atoms with Crippen LogP contribution in [0.25, 0.3) is 0 Å². The van der Waals surface area contributed by atoms with Crippen molar-refractivity contribution < 1.29 is 4.79 Å². The Labute approximate surface area is 175 Å². The molecule has 1 N–H and O–H groups in total. The zero-order valence-electron chi connectivity index (χ0n) is 16.1. The summed E-state index contributed by atoms with van der Waals surface area (Å²) in [6.07, 6.45) is 6.06. The van der Waals surface area contributed by atoms with Gasteiger partial charge in [0.05, 0.1) is 5.25 Å². The summed E-state index contributed by atoms with van der Waals surface area (Å²) in [6, 6.07) is 8.01.